The standard InChI is InChI=1S/C12H22N6O2/c1-12(2)10(19)17(11(20)15-12)7-5-8-18(3,4)9-6-14-16-13/h5-9H2,1-4H3/p+1. The first-order chi connectivity index (χ1) is 9.19. The number of likely N-dealkylation sites (N-methyl/N-ethyl adjacent to an activating group) is 1. The molecule has 8 heteroatoms. The van der Waals surface area contributed by atoms with Gasteiger partial charge in [-0.25, -0.2) is 4.79 Å². The van der Waals surface area contributed by atoms with Gasteiger partial charge in [-0.3, -0.25) is 9.69 Å². The highest BCUT2D eigenvalue weighted by Gasteiger charge is 2.43. The van der Waals surface area contributed by atoms with Crippen LogP contribution in [-0.4, -0.2) is 67.1 Å². The Hall–Kier alpha value is -1.79. The summed E-state index contributed by atoms with van der Waals surface area (Å²) >= 11 is 0. The van der Waals surface area contributed by atoms with E-state index in [2.05, 4.69) is 15.3 Å². The molecule has 0 bridgehead atoms. The highest BCUT2D eigenvalue weighted by molar-refractivity contribution is 6.06. The number of hydrogen-bond acceptors (Lipinski definition) is 3. The van der Waals surface area contributed by atoms with E-state index in [0.29, 0.717) is 17.6 Å². The first-order valence-electron chi connectivity index (χ1n) is 6.66. The topological polar surface area (TPSA) is 98.2 Å². The molecule has 1 N–H and O–H groups in total. The first kappa shape index (κ1) is 16.3. The van der Waals surface area contributed by atoms with Gasteiger partial charge < -0.3 is 9.80 Å². The van der Waals surface area contributed by atoms with Crippen molar-refractivity contribution in [1.82, 2.24) is 10.2 Å². The number of urea groups is 1. The number of quaternary nitrogens is 1. The van der Waals surface area contributed by atoms with Crippen LogP contribution in [0.4, 0.5) is 4.79 Å². The van der Waals surface area contributed by atoms with Crippen molar-refractivity contribution in [2.75, 3.05) is 40.3 Å². The number of amides is 3. The van der Waals surface area contributed by atoms with Crippen LogP contribution < -0.4 is 5.32 Å². The number of hydrogen-bond donors (Lipinski definition) is 1. The lowest BCUT2D eigenvalue weighted by Gasteiger charge is -2.29. The second-order valence-electron chi connectivity index (χ2n) is 6.20. The maximum absolute atomic E-state index is 12.0. The number of rotatable bonds is 7. The predicted molar refractivity (Wildman–Crippen MR) is 74.8 cm³/mol. The normalized spacial score (nSPS) is 17.9. The summed E-state index contributed by atoms with van der Waals surface area (Å²) in [4.78, 5) is 27.7. The Labute approximate surface area is 118 Å². The summed E-state index contributed by atoms with van der Waals surface area (Å²) in [5, 5.41) is 6.18. The first-order valence-corrected chi connectivity index (χ1v) is 6.66. The largest absolute Gasteiger partial charge is 0.328 e. The molecular weight excluding hydrogens is 260 g/mol. The van der Waals surface area contributed by atoms with Crippen LogP contribution in [-0.2, 0) is 4.79 Å². The zero-order valence-corrected chi connectivity index (χ0v) is 12.6. The fourth-order valence-electron chi connectivity index (χ4n) is 2.15. The minimum absolute atomic E-state index is 0.179. The molecule has 0 aromatic rings. The molecule has 20 heavy (non-hydrogen) atoms. The third-order valence-electron chi connectivity index (χ3n) is 3.46. The predicted octanol–water partition coefficient (Wildman–Crippen LogP) is 1.09. The Balaban J connectivity index is 2.42. The molecule has 0 aromatic heterocycles. The van der Waals surface area contributed by atoms with E-state index in [-0.39, 0.29) is 11.9 Å². The number of azide groups is 1. The summed E-state index contributed by atoms with van der Waals surface area (Å²) in [6, 6.07) is -0.320. The van der Waals surface area contributed by atoms with E-state index in [4.69, 9.17) is 5.53 Å². The Morgan fingerprint density at radius 1 is 1.35 bits per heavy atom. The van der Waals surface area contributed by atoms with Crippen LogP contribution in [0.3, 0.4) is 0 Å². The molecule has 0 spiro atoms. The van der Waals surface area contributed by atoms with Gasteiger partial charge in [-0.05, 0) is 19.4 Å². The molecule has 0 atom stereocenters. The van der Waals surface area contributed by atoms with Crippen LogP contribution in [0.25, 0.3) is 10.4 Å². The van der Waals surface area contributed by atoms with E-state index in [0.717, 1.165) is 19.5 Å². The van der Waals surface area contributed by atoms with E-state index in [1.807, 2.05) is 14.1 Å². The molecule has 3 amide bonds. The maximum atomic E-state index is 12.0. The molecule has 1 rings (SSSR count). The molecule has 0 radical (unpaired) electrons. The van der Waals surface area contributed by atoms with E-state index in [9.17, 15) is 9.59 Å². The van der Waals surface area contributed by atoms with Gasteiger partial charge in [0.1, 0.15) is 5.54 Å². The molecule has 1 fully saturated rings. The summed E-state index contributed by atoms with van der Waals surface area (Å²) in [7, 11) is 4.06. The lowest BCUT2D eigenvalue weighted by atomic mass is 10.1. The lowest BCUT2D eigenvalue weighted by Crippen LogP contribution is -2.44. The van der Waals surface area contributed by atoms with Gasteiger partial charge in [0.15, 0.2) is 0 Å². The number of imide groups is 1. The van der Waals surface area contributed by atoms with E-state index < -0.39 is 5.54 Å². The number of nitrogens with zero attached hydrogens (tertiary/aromatic N) is 5. The Morgan fingerprint density at radius 3 is 2.50 bits per heavy atom. The van der Waals surface area contributed by atoms with Crippen molar-refractivity contribution in [3.8, 4) is 0 Å². The molecule has 1 heterocycles. The van der Waals surface area contributed by atoms with Gasteiger partial charge in [0.2, 0.25) is 0 Å². The second-order valence-corrected chi connectivity index (χ2v) is 6.20. The summed E-state index contributed by atoms with van der Waals surface area (Å²) in [5.41, 5.74) is 7.45. The van der Waals surface area contributed by atoms with E-state index >= 15 is 0 Å². The van der Waals surface area contributed by atoms with Crippen molar-refractivity contribution in [3.63, 3.8) is 0 Å². The third kappa shape index (κ3) is 4.11. The van der Waals surface area contributed by atoms with Crippen LogP contribution in [0.15, 0.2) is 5.11 Å². The van der Waals surface area contributed by atoms with Crippen LogP contribution in [0.2, 0.25) is 0 Å². The minimum Gasteiger partial charge on any atom is -0.328 e. The van der Waals surface area contributed by atoms with Crippen molar-refractivity contribution in [2.24, 2.45) is 5.11 Å². The summed E-state index contributed by atoms with van der Waals surface area (Å²) in [5.74, 6) is -0.179. The van der Waals surface area contributed by atoms with Crippen molar-refractivity contribution in [2.45, 2.75) is 25.8 Å². The Morgan fingerprint density at radius 2 is 2.00 bits per heavy atom. The van der Waals surface area contributed by atoms with Gasteiger partial charge in [-0.1, -0.05) is 5.11 Å². The summed E-state index contributed by atoms with van der Waals surface area (Å²) in [6.07, 6.45) is 0.721. The van der Waals surface area contributed by atoms with Crippen molar-refractivity contribution >= 4 is 11.9 Å². The van der Waals surface area contributed by atoms with Gasteiger partial charge in [-0.15, -0.1) is 0 Å². The van der Waals surface area contributed by atoms with Gasteiger partial charge in [0.25, 0.3) is 5.91 Å². The van der Waals surface area contributed by atoms with Crippen LogP contribution in [0, 0.1) is 0 Å². The molecule has 1 saturated heterocycles. The average Bonchev–Trinajstić information content (AvgIpc) is 2.51. The van der Waals surface area contributed by atoms with Crippen molar-refractivity contribution < 1.29 is 14.1 Å². The molecule has 0 saturated carbocycles. The highest BCUT2D eigenvalue weighted by Crippen LogP contribution is 2.16. The summed E-state index contributed by atoms with van der Waals surface area (Å²) < 4.78 is 0.687. The highest BCUT2D eigenvalue weighted by atomic mass is 16.2. The quantitative estimate of drug-likeness (QED) is 0.249. The van der Waals surface area contributed by atoms with Crippen LogP contribution >= 0.6 is 0 Å². The zero-order valence-electron chi connectivity index (χ0n) is 12.6. The molecule has 0 unspecified atom stereocenters. The average molecular weight is 283 g/mol. The zero-order chi connectivity index (χ0) is 15.4. The molecule has 0 aromatic carbocycles. The van der Waals surface area contributed by atoms with Gasteiger partial charge in [-0.2, -0.15) is 0 Å². The van der Waals surface area contributed by atoms with E-state index in [1.54, 1.807) is 13.8 Å². The lowest BCUT2D eigenvalue weighted by molar-refractivity contribution is -0.889. The molecule has 1 aliphatic rings. The fraction of sp³-hybridized carbons (Fsp3) is 0.833. The molecule has 0 aliphatic carbocycles. The smallest absolute Gasteiger partial charge is 0.325 e. The minimum atomic E-state index is -0.803. The molecule has 112 valence electrons. The molecule has 8 nitrogen and oxygen atoms in total. The number of carbonyl (C=O) groups is 2. The molecular formula is C12H23N6O2+. The van der Waals surface area contributed by atoms with Crippen molar-refractivity contribution in [1.29, 1.82) is 0 Å². The SMILES string of the molecule is CC1(C)NC(=O)N(CCC[N+](C)(C)CCN=[N+]=[N-])C1=O. The fourth-order valence-corrected chi connectivity index (χ4v) is 2.15. The monoisotopic (exact) mass is 283 g/mol. The summed E-state index contributed by atoms with van der Waals surface area (Å²) in [6.45, 7) is 5.80. The number of carbonyl (C=O) groups excluding carboxylic acids is 2. The van der Waals surface area contributed by atoms with Crippen LogP contribution in [0.1, 0.15) is 20.3 Å². The van der Waals surface area contributed by atoms with Crippen molar-refractivity contribution in [3.05, 3.63) is 10.4 Å². The van der Waals surface area contributed by atoms with Gasteiger partial charge in [0, 0.05) is 17.9 Å². The third-order valence-corrected chi connectivity index (χ3v) is 3.46. The number of nitrogens with one attached hydrogen (secondary N) is 1. The van der Waals surface area contributed by atoms with Gasteiger partial charge in [0.05, 0.1) is 33.7 Å². The second kappa shape index (κ2) is 6.11. The van der Waals surface area contributed by atoms with Crippen LogP contribution in [0.5, 0.6) is 0 Å². The molecule has 1 aliphatic heterocycles. The van der Waals surface area contributed by atoms with E-state index in [1.165, 1.54) is 4.90 Å². The Bertz CT molecular complexity index is 439. The Kier molecular flexibility index (Phi) is 4.97. The van der Waals surface area contributed by atoms with Gasteiger partial charge >= 0.3 is 6.03 Å². The maximum Gasteiger partial charge on any atom is 0.325 e.